The molecule has 0 aliphatic carbocycles. The highest BCUT2D eigenvalue weighted by Gasteiger charge is 2.24. The number of aromatic nitrogens is 2. The number of hydrogen-bond donors (Lipinski definition) is 2. The van der Waals surface area contributed by atoms with E-state index < -0.39 is 18.2 Å². The third-order valence-corrected chi connectivity index (χ3v) is 6.05. The summed E-state index contributed by atoms with van der Waals surface area (Å²) in [5.74, 6) is 0.0995. The highest BCUT2D eigenvalue weighted by molar-refractivity contribution is 6.29. The molecule has 2 N–H and O–H groups in total. The number of carbonyl (C=O) groups is 1. The third-order valence-electron chi connectivity index (χ3n) is 5.63. The van der Waals surface area contributed by atoms with Crippen molar-refractivity contribution >= 4 is 29.2 Å². The van der Waals surface area contributed by atoms with Gasteiger partial charge in [0.25, 0.3) is 0 Å². The van der Waals surface area contributed by atoms with Gasteiger partial charge in [-0.3, -0.25) is 4.90 Å². The van der Waals surface area contributed by atoms with Gasteiger partial charge in [-0.05, 0) is 55.3 Å². The summed E-state index contributed by atoms with van der Waals surface area (Å²) < 4.78 is 9.98. The predicted molar refractivity (Wildman–Crippen MR) is 137 cm³/mol. The van der Waals surface area contributed by atoms with Gasteiger partial charge in [-0.25, -0.2) is 14.8 Å². The van der Waals surface area contributed by atoms with Crippen molar-refractivity contribution in [2.24, 2.45) is 0 Å². The van der Waals surface area contributed by atoms with E-state index in [2.05, 4.69) is 14.7 Å². The fraction of sp³-hybridized carbons (Fsp3) is 0.346. The Morgan fingerprint density at radius 2 is 1.44 bits per heavy atom. The van der Waals surface area contributed by atoms with E-state index in [0.717, 1.165) is 5.56 Å². The van der Waals surface area contributed by atoms with Crippen LogP contribution in [0.15, 0.2) is 60.7 Å². The second-order valence-corrected chi connectivity index (χ2v) is 9.09. The predicted octanol–water partition coefficient (Wildman–Crippen LogP) is 4.04. The Kier molecular flexibility index (Phi) is 10.5. The largest absolute Gasteiger partial charge is 0.482 e. The van der Waals surface area contributed by atoms with E-state index >= 15 is 0 Å². The van der Waals surface area contributed by atoms with E-state index in [-0.39, 0.29) is 25.7 Å². The summed E-state index contributed by atoms with van der Waals surface area (Å²) in [4.78, 5) is 21.7. The van der Waals surface area contributed by atoms with Crippen LogP contribution < -0.4 is 4.74 Å². The average molecular weight is 534 g/mol. The van der Waals surface area contributed by atoms with Crippen molar-refractivity contribution in [3.63, 3.8) is 0 Å². The minimum Gasteiger partial charge on any atom is -0.482 e. The lowest BCUT2D eigenvalue weighted by Crippen LogP contribution is -2.40. The SMILES string of the molecule is COC(=O)COc1ccc(C[C@@H](C)N(CC(O)c2cccc(Cl)n2)CC(O)c2cccc(Cl)n2)cc1. The molecule has 0 spiro atoms. The molecule has 3 aromatic rings. The van der Waals surface area contributed by atoms with E-state index in [1.165, 1.54) is 7.11 Å². The molecule has 3 rings (SSSR count). The molecule has 0 fully saturated rings. The van der Waals surface area contributed by atoms with Crippen LogP contribution >= 0.6 is 23.2 Å². The molecule has 2 unspecified atom stereocenters. The van der Waals surface area contributed by atoms with Crippen LogP contribution in [-0.4, -0.2) is 63.9 Å². The molecule has 0 saturated heterocycles. The summed E-state index contributed by atoms with van der Waals surface area (Å²) >= 11 is 12.0. The van der Waals surface area contributed by atoms with E-state index in [1.807, 2.05) is 24.0 Å². The highest BCUT2D eigenvalue weighted by atomic mass is 35.5. The minimum absolute atomic E-state index is 0.0745. The van der Waals surface area contributed by atoms with Crippen LogP contribution in [-0.2, 0) is 16.0 Å². The van der Waals surface area contributed by atoms with Gasteiger partial charge < -0.3 is 19.7 Å². The van der Waals surface area contributed by atoms with Crippen molar-refractivity contribution in [1.82, 2.24) is 14.9 Å². The molecule has 0 saturated carbocycles. The molecule has 0 bridgehead atoms. The standard InChI is InChI=1S/C26H29Cl2N3O5/c1-17(13-18-9-11-19(12-10-18)36-16-26(34)35-2)31(14-22(32)20-5-3-7-24(27)29-20)15-23(33)21-6-4-8-25(28)30-21/h3-12,17,22-23,32-33H,13-16H2,1-2H3/t17-,22?,23?/m1/s1. The number of aliphatic hydroxyl groups excluding tert-OH is 2. The lowest BCUT2D eigenvalue weighted by atomic mass is 10.0. The zero-order valence-corrected chi connectivity index (χ0v) is 21.6. The molecule has 0 radical (unpaired) electrons. The van der Waals surface area contributed by atoms with Crippen LogP contribution in [0.2, 0.25) is 10.3 Å². The van der Waals surface area contributed by atoms with Crippen molar-refractivity contribution < 1.29 is 24.5 Å². The Balaban J connectivity index is 1.73. The number of nitrogens with zero attached hydrogens (tertiary/aromatic N) is 3. The fourth-order valence-corrected chi connectivity index (χ4v) is 4.02. The number of carbonyl (C=O) groups excluding carboxylic acids is 1. The van der Waals surface area contributed by atoms with E-state index in [9.17, 15) is 15.0 Å². The van der Waals surface area contributed by atoms with Crippen molar-refractivity contribution in [3.8, 4) is 5.75 Å². The maximum atomic E-state index is 11.3. The van der Waals surface area contributed by atoms with E-state index in [4.69, 9.17) is 27.9 Å². The van der Waals surface area contributed by atoms with Crippen LogP contribution in [0.5, 0.6) is 5.75 Å². The number of halogens is 2. The Hall–Kier alpha value is -2.75. The van der Waals surface area contributed by atoms with Crippen molar-refractivity contribution in [2.75, 3.05) is 26.8 Å². The zero-order chi connectivity index (χ0) is 26.1. The number of aliphatic hydroxyl groups is 2. The molecule has 8 nitrogen and oxygen atoms in total. The van der Waals surface area contributed by atoms with Gasteiger partial charge in [0.1, 0.15) is 28.3 Å². The van der Waals surface area contributed by atoms with Crippen LogP contribution in [0.4, 0.5) is 0 Å². The summed E-state index contributed by atoms with van der Waals surface area (Å²) in [7, 11) is 1.31. The minimum atomic E-state index is -0.917. The molecule has 2 aromatic heterocycles. The highest BCUT2D eigenvalue weighted by Crippen LogP contribution is 2.22. The third kappa shape index (κ3) is 8.43. The summed E-state index contributed by atoms with van der Waals surface area (Å²) in [6.07, 6.45) is -1.21. The topological polar surface area (TPSA) is 105 Å². The molecule has 192 valence electrons. The van der Waals surface area contributed by atoms with Gasteiger partial charge in [-0.2, -0.15) is 0 Å². The molecule has 0 aliphatic rings. The van der Waals surface area contributed by atoms with E-state index in [0.29, 0.717) is 33.9 Å². The first-order chi connectivity index (χ1) is 17.2. The molecule has 1 aromatic carbocycles. The van der Waals surface area contributed by atoms with Gasteiger partial charge in [0.15, 0.2) is 6.61 Å². The Bertz CT molecular complexity index is 1080. The molecular formula is C26H29Cl2N3O5. The monoisotopic (exact) mass is 533 g/mol. The van der Waals surface area contributed by atoms with Crippen LogP contribution in [0.25, 0.3) is 0 Å². The molecule has 3 atom stereocenters. The summed E-state index contributed by atoms with van der Waals surface area (Å²) in [6, 6.07) is 17.5. The lowest BCUT2D eigenvalue weighted by Gasteiger charge is -2.32. The summed E-state index contributed by atoms with van der Waals surface area (Å²) in [6.45, 7) is 2.28. The van der Waals surface area contributed by atoms with Crippen molar-refractivity contribution in [1.29, 1.82) is 0 Å². The van der Waals surface area contributed by atoms with Crippen molar-refractivity contribution in [2.45, 2.75) is 31.6 Å². The van der Waals surface area contributed by atoms with Crippen molar-refractivity contribution in [3.05, 3.63) is 87.9 Å². The fourth-order valence-electron chi connectivity index (χ4n) is 3.68. The first-order valence-corrected chi connectivity index (χ1v) is 12.1. The Morgan fingerprint density at radius 3 is 1.92 bits per heavy atom. The maximum Gasteiger partial charge on any atom is 0.343 e. The first-order valence-electron chi connectivity index (χ1n) is 11.4. The number of pyridine rings is 2. The smallest absolute Gasteiger partial charge is 0.343 e. The molecule has 2 heterocycles. The average Bonchev–Trinajstić information content (AvgIpc) is 2.87. The number of ether oxygens (including phenoxy) is 2. The summed E-state index contributed by atoms with van der Waals surface area (Å²) in [5, 5.41) is 22.4. The normalized spacial score (nSPS) is 13.8. The van der Waals surface area contributed by atoms with Gasteiger partial charge in [-0.1, -0.05) is 47.5 Å². The first kappa shape index (κ1) is 27.8. The molecule has 10 heteroatoms. The number of benzene rings is 1. The van der Waals surface area contributed by atoms with E-state index in [1.54, 1.807) is 48.5 Å². The molecular weight excluding hydrogens is 505 g/mol. The molecule has 0 amide bonds. The molecule has 0 aliphatic heterocycles. The zero-order valence-electron chi connectivity index (χ0n) is 20.1. The lowest BCUT2D eigenvalue weighted by molar-refractivity contribution is -0.142. The van der Waals surface area contributed by atoms with Crippen LogP contribution in [0, 0.1) is 0 Å². The van der Waals surface area contributed by atoms with Gasteiger partial charge in [0.05, 0.1) is 18.5 Å². The molecule has 36 heavy (non-hydrogen) atoms. The summed E-state index contributed by atoms with van der Waals surface area (Å²) in [5.41, 5.74) is 1.91. The quantitative estimate of drug-likeness (QED) is 0.265. The van der Waals surface area contributed by atoms with Crippen LogP contribution in [0.1, 0.15) is 36.1 Å². The second-order valence-electron chi connectivity index (χ2n) is 8.32. The van der Waals surface area contributed by atoms with Gasteiger partial charge >= 0.3 is 5.97 Å². The Morgan fingerprint density at radius 1 is 0.917 bits per heavy atom. The van der Waals surface area contributed by atoms with Gasteiger partial charge in [0, 0.05) is 19.1 Å². The number of esters is 1. The second kappa shape index (κ2) is 13.5. The van der Waals surface area contributed by atoms with Crippen LogP contribution in [0.3, 0.4) is 0 Å². The van der Waals surface area contributed by atoms with Gasteiger partial charge in [0.2, 0.25) is 0 Å². The Labute approximate surface area is 220 Å². The number of hydrogen-bond acceptors (Lipinski definition) is 8. The maximum absolute atomic E-state index is 11.3. The number of methoxy groups -OCH3 is 1. The van der Waals surface area contributed by atoms with Gasteiger partial charge in [-0.15, -0.1) is 0 Å². The number of rotatable bonds is 12.